The maximum atomic E-state index is 14.3. The Hall–Kier alpha value is -3.19. The van der Waals surface area contributed by atoms with Gasteiger partial charge in [0, 0.05) is 34.8 Å². The fourth-order valence-corrected chi connectivity index (χ4v) is 5.57. The Morgan fingerprint density at radius 3 is 2.56 bits per heavy atom. The SMILES string of the molecule is CC1(C)CC(=O)n2c(c(-c3ccc(C(N)=O)c(N[C@H]4CC[C@H](O)CC4)c3)c3cc(F)ccc32)C1. The van der Waals surface area contributed by atoms with Gasteiger partial charge in [0.15, 0.2) is 0 Å². The van der Waals surface area contributed by atoms with Crippen LogP contribution in [0.3, 0.4) is 0 Å². The average Bonchev–Trinajstić information content (AvgIpc) is 3.07. The molecule has 1 saturated carbocycles. The Balaban J connectivity index is 1.67. The van der Waals surface area contributed by atoms with Crippen LogP contribution in [0.5, 0.6) is 0 Å². The standard InChI is InChI=1S/C27H30FN3O3/c1-27(2)13-23-25(20-12-16(28)4-10-22(20)31(23)24(33)14-27)15-3-9-19(26(29)34)21(11-15)30-17-5-7-18(32)8-6-17/h3-4,9-12,17-18,30,32H,5-8,13-14H2,1-2H3,(H2,29,34)/t17-,18-. The molecule has 0 spiro atoms. The number of anilines is 1. The van der Waals surface area contributed by atoms with E-state index >= 15 is 0 Å². The number of aromatic nitrogens is 1. The number of benzene rings is 2. The molecule has 2 aliphatic rings. The van der Waals surface area contributed by atoms with Gasteiger partial charge in [0.2, 0.25) is 5.91 Å². The minimum Gasteiger partial charge on any atom is -0.393 e. The molecule has 0 unspecified atom stereocenters. The Kier molecular flexibility index (Phi) is 5.47. The molecule has 5 rings (SSSR count). The molecule has 1 aromatic heterocycles. The molecule has 0 saturated heterocycles. The average molecular weight is 464 g/mol. The first-order chi connectivity index (χ1) is 16.1. The molecule has 2 heterocycles. The molecule has 3 aromatic rings. The highest BCUT2D eigenvalue weighted by molar-refractivity contribution is 6.06. The van der Waals surface area contributed by atoms with Gasteiger partial charge in [-0.15, -0.1) is 0 Å². The predicted octanol–water partition coefficient (Wildman–Crippen LogP) is 4.87. The molecule has 0 bridgehead atoms. The zero-order valence-electron chi connectivity index (χ0n) is 19.5. The van der Waals surface area contributed by atoms with E-state index in [9.17, 15) is 19.1 Å². The van der Waals surface area contributed by atoms with Crippen LogP contribution in [-0.2, 0) is 6.42 Å². The number of amides is 1. The number of primary amides is 1. The zero-order valence-corrected chi connectivity index (χ0v) is 19.5. The van der Waals surface area contributed by atoms with Crippen molar-refractivity contribution >= 4 is 28.4 Å². The Bertz CT molecular complexity index is 1300. The first-order valence-electron chi connectivity index (χ1n) is 11.9. The number of carbonyl (C=O) groups excluding carboxylic acids is 2. The molecule has 2 aromatic carbocycles. The molecule has 1 aliphatic heterocycles. The van der Waals surface area contributed by atoms with Crippen molar-refractivity contribution in [3.63, 3.8) is 0 Å². The lowest BCUT2D eigenvalue weighted by Crippen LogP contribution is -2.31. The Morgan fingerprint density at radius 1 is 1.12 bits per heavy atom. The molecule has 4 N–H and O–H groups in total. The maximum absolute atomic E-state index is 14.3. The third-order valence-electron chi connectivity index (χ3n) is 7.18. The van der Waals surface area contributed by atoms with Gasteiger partial charge in [-0.3, -0.25) is 14.2 Å². The fraction of sp³-hybridized carbons (Fsp3) is 0.407. The second kappa shape index (κ2) is 8.24. The molecule has 34 heavy (non-hydrogen) atoms. The van der Waals surface area contributed by atoms with Crippen molar-refractivity contribution in [3.05, 3.63) is 53.5 Å². The van der Waals surface area contributed by atoms with Crippen LogP contribution in [-0.4, -0.2) is 33.6 Å². The van der Waals surface area contributed by atoms with Crippen LogP contribution in [0.15, 0.2) is 36.4 Å². The molecule has 7 heteroatoms. The largest absolute Gasteiger partial charge is 0.393 e. The van der Waals surface area contributed by atoms with E-state index in [1.807, 2.05) is 12.1 Å². The number of hydrogen-bond acceptors (Lipinski definition) is 4. The number of nitrogens with two attached hydrogens (primary N) is 1. The summed E-state index contributed by atoms with van der Waals surface area (Å²) in [6.45, 7) is 4.13. The van der Waals surface area contributed by atoms with E-state index in [0.29, 0.717) is 47.8 Å². The fourth-order valence-electron chi connectivity index (χ4n) is 5.57. The highest BCUT2D eigenvalue weighted by atomic mass is 19.1. The van der Waals surface area contributed by atoms with E-state index < -0.39 is 5.91 Å². The Labute approximate surface area is 197 Å². The highest BCUT2D eigenvalue weighted by Crippen LogP contribution is 2.43. The lowest BCUT2D eigenvalue weighted by atomic mass is 9.80. The molecule has 1 amide bonds. The van der Waals surface area contributed by atoms with Crippen LogP contribution in [0.4, 0.5) is 10.1 Å². The number of aliphatic hydroxyl groups excluding tert-OH is 1. The van der Waals surface area contributed by atoms with Crippen molar-refractivity contribution in [1.82, 2.24) is 4.57 Å². The zero-order chi connectivity index (χ0) is 24.2. The number of halogens is 1. The van der Waals surface area contributed by atoms with Crippen molar-refractivity contribution < 1.29 is 19.1 Å². The van der Waals surface area contributed by atoms with Crippen LogP contribution < -0.4 is 11.1 Å². The van der Waals surface area contributed by atoms with Crippen LogP contribution >= 0.6 is 0 Å². The van der Waals surface area contributed by atoms with Gasteiger partial charge in [-0.25, -0.2) is 4.39 Å². The van der Waals surface area contributed by atoms with Gasteiger partial charge in [0.1, 0.15) is 5.82 Å². The summed E-state index contributed by atoms with van der Waals surface area (Å²) in [5.41, 5.74) is 9.63. The highest BCUT2D eigenvalue weighted by Gasteiger charge is 2.35. The van der Waals surface area contributed by atoms with Crippen LogP contribution in [0.2, 0.25) is 0 Å². The summed E-state index contributed by atoms with van der Waals surface area (Å²) in [4.78, 5) is 25.3. The maximum Gasteiger partial charge on any atom is 0.250 e. The van der Waals surface area contributed by atoms with Gasteiger partial charge in [0.05, 0.1) is 17.2 Å². The summed E-state index contributed by atoms with van der Waals surface area (Å²) in [6.07, 6.45) is 3.81. The molecule has 1 aliphatic carbocycles. The van der Waals surface area contributed by atoms with E-state index in [4.69, 9.17) is 5.73 Å². The normalized spacial score (nSPS) is 21.9. The first kappa shape index (κ1) is 22.6. The molecular formula is C27H30FN3O3. The summed E-state index contributed by atoms with van der Waals surface area (Å²) >= 11 is 0. The van der Waals surface area contributed by atoms with Crippen molar-refractivity contribution in [2.24, 2.45) is 11.1 Å². The third-order valence-corrected chi connectivity index (χ3v) is 7.18. The van der Waals surface area contributed by atoms with Gasteiger partial charge < -0.3 is 16.2 Å². The summed E-state index contributed by atoms with van der Waals surface area (Å²) in [6, 6.07) is 10.1. The van der Waals surface area contributed by atoms with Gasteiger partial charge >= 0.3 is 0 Å². The van der Waals surface area contributed by atoms with Crippen molar-refractivity contribution in [3.8, 4) is 11.1 Å². The van der Waals surface area contributed by atoms with E-state index in [1.165, 1.54) is 12.1 Å². The monoisotopic (exact) mass is 463 g/mol. The van der Waals surface area contributed by atoms with Crippen molar-refractivity contribution in [1.29, 1.82) is 0 Å². The number of aliphatic hydroxyl groups is 1. The van der Waals surface area contributed by atoms with Gasteiger partial charge in [-0.1, -0.05) is 19.9 Å². The third kappa shape index (κ3) is 3.98. The van der Waals surface area contributed by atoms with E-state index in [-0.39, 0.29) is 29.3 Å². The predicted molar refractivity (Wildman–Crippen MR) is 130 cm³/mol. The molecular weight excluding hydrogens is 433 g/mol. The molecule has 6 nitrogen and oxygen atoms in total. The quantitative estimate of drug-likeness (QED) is 0.514. The molecule has 1 fully saturated rings. The van der Waals surface area contributed by atoms with Crippen LogP contribution in [0, 0.1) is 11.2 Å². The summed E-state index contributed by atoms with van der Waals surface area (Å²) < 4.78 is 16.1. The topological polar surface area (TPSA) is 97.4 Å². The minimum atomic E-state index is -0.531. The summed E-state index contributed by atoms with van der Waals surface area (Å²) in [5, 5.41) is 14.0. The minimum absolute atomic E-state index is 0.00183. The van der Waals surface area contributed by atoms with E-state index in [2.05, 4.69) is 19.2 Å². The lowest BCUT2D eigenvalue weighted by Gasteiger charge is -2.31. The number of rotatable bonds is 4. The van der Waals surface area contributed by atoms with Gasteiger partial charge in [-0.05, 0) is 73.4 Å². The summed E-state index contributed by atoms with van der Waals surface area (Å²) in [5.74, 6) is -0.894. The van der Waals surface area contributed by atoms with E-state index in [0.717, 1.165) is 29.7 Å². The van der Waals surface area contributed by atoms with Crippen LogP contribution in [0.1, 0.15) is 66.8 Å². The number of carbonyl (C=O) groups is 2. The van der Waals surface area contributed by atoms with Crippen molar-refractivity contribution in [2.45, 2.75) is 64.5 Å². The number of hydrogen-bond donors (Lipinski definition) is 3. The van der Waals surface area contributed by atoms with E-state index in [1.54, 1.807) is 16.7 Å². The second-order valence-electron chi connectivity index (χ2n) is 10.5. The van der Waals surface area contributed by atoms with Crippen LogP contribution in [0.25, 0.3) is 22.0 Å². The number of nitrogens with zero attached hydrogens (tertiary/aromatic N) is 1. The van der Waals surface area contributed by atoms with Gasteiger partial charge in [0.25, 0.3) is 5.91 Å². The second-order valence-corrected chi connectivity index (χ2v) is 10.5. The van der Waals surface area contributed by atoms with Gasteiger partial charge in [-0.2, -0.15) is 0 Å². The summed E-state index contributed by atoms with van der Waals surface area (Å²) in [7, 11) is 0. The smallest absolute Gasteiger partial charge is 0.250 e. The lowest BCUT2D eigenvalue weighted by molar-refractivity contribution is 0.0816. The Morgan fingerprint density at radius 2 is 1.85 bits per heavy atom. The number of fused-ring (bicyclic) bond motifs is 3. The molecule has 0 radical (unpaired) electrons. The molecule has 0 atom stereocenters. The number of nitrogens with one attached hydrogen (secondary N) is 1. The van der Waals surface area contributed by atoms with Crippen molar-refractivity contribution in [2.75, 3.05) is 5.32 Å². The molecule has 178 valence electrons. The first-order valence-corrected chi connectivity index (χ1v) is 11.9.